The van der Waals surface area contributed by atoms with Crippen molar-refractivity contribution < 1.29 is 18.3 Å². The first kappa shape index (κ1) is 20.0. The number of nitrogens with zero attached hydrogens (tertiary/aromatic N) is 1. The highest BCUT2D eigenvalue weighted by Crippen LogP contribution is 2.32. The molecule has 0 unspecified atom stereocenters. The van der Waals surface area contributed by atoms with Crippen LogP contribution in [0.3, 0.4) is 0 Å². The second-order valence-corrected chi connectivity index (χ2v) is 7.55. The Kier molecular flexibility index (Phi) is 5.99. The molecule has 4 aromatic rings. The average molecular weight is 422 g/mol. The van der Waals surface area contributed by atoms with Gasteiger partial charge in [0.1, 0.15) is 17.1 Å². The molecule has 30 heavy (non-hydrogen) atoms. The summed E-state index contributed by atoms with van der Waals surface area (Å²) in [6, 6.07) is 19.2. The number of carbonyl (C=O) groups excluding carboxylic acids is 1. The number of rotatable bonds is 7. The number of hydrogen-bond acceptors (Lipinski definition) is 5. The van der Waals surface area contributed by atoms with Gasteiger partial charge in [0.05, 0.1) is 18.6 Å². The van der Waals surface area contributed by atoms with Crippen molar-refractivity contribution in [2.45, 2.75) is 5.75 Å². The minimum atomic E-state index is -0.271. The standard InChI is InChI=1S/C23H19FN2O3S/c1-28-20-11-8-16(23-26-18-4-2-3-5-21(18)29-23)12-19(20)25-22(27)14-30-13-15-6-9-17(24)10-7-15/h2-12H,13-14H2,1H3,(H,25,27). The zero-order chi connectivity index (χ0) is 20.9. The number of methoxy groups -OCH3 is 1. The Morgan fingerprint density at radius 1 is 1.13 bits per heavy atom. The molecule has 7 heteroatoms. The van der Waals surface area contributed by atoms with Gasteiger partial charge in [0.25, 0.3) is 0 Å². The number of carbonyl (C=O) groups is 1. The van der Waals surface area contributed by atoms with E-state index in [2.05, 4.69) is 10.3 Å². The minimum Gasteiger partial charge on any atom is -0.495 e. The number of benzene rings is 3. The lowest BCUT2D eigenvalue weighted by Crippen LogP contribution is -2.15. The predicted molar refractivity (Wildman–Crippen MR) is 117 cm³/mol. The number of nitrogens with one attached hydrogen (secondary N) is 1. The molecule has 0 bridgehead atoms. The summed E-state index contributed by atoms with van der Waals surface area (Å²) >= 11 is 1.45. The summed E-state index contributed by atoms with van der Waals surface area (Å²) in [5, 5.41) is 2.89. The van der Waals surface area contributed by atoms with Crippen molar-refractivity contribution in [3.63, 3.8) is 0 Å². The van der Waals surface area contributed by atoms with Crippen LogP contribution in [0.5, 0.6) is 5.75 Å². The van der Waals surface area contributed by atoms with Gasteiger partial charge in [-0.3, -0.25) is 4.79 Å². The molecule has 1 aromatic heterocycles. The molecule has 0 aliphatic heterocycles. The molecule has 0 aliphatic carbocycles. The Morgan fingerprint density at radius 2 is 1.93 bits per heavy atom. The number of fused-ring (bicyclic) bond motifs is 1. The maximum absolute atomic E-state index is 13.0. The van der Waals surface area contributed by atoms with E-state index >= 15 is 0 Å². The van der Waals surface area contributed by atoms with Crippen molar-refractivity contribution in [1.29, 1.82) is 0 Å². The molecule has 0 saturated heterocycles. The minimum absolute atomic E-state index is 0.157. The van der Waals surface area contributed by atoms with Crippen LogP contribution in [0, 0.1) is 5.82 Å². The topological polar surface area (TPSA) is 64.4 Å². The highest BCUT2D eigenvalue weighted by atomic mass is 32.2. The number of ether oxygens (including phenoxy) is 1. The van der Waals surface area contributed by atoms with Gasteiger partial charge in [0.2, 0.25) is 11.8 Å². The van der Waals surface area contributed by atoms with Crippen LogP contribution in [0.2, 0.25) is 0 Å². The number of anilines is 1. The Morgan fingerprint density at radius 3 is 2.70 bits per heavy atom. The first-order valence-corrected chi connectivity index (χ1v) is 10.4. The largest absolute Gasteiger partial charge is 0.495 e. The maximum Gasteiger partial charge on any atom is 0.234 e. The fourth-order valence-electron chi connectivity index (χ4n) is 2.96. The van der Waals surface area contributed by atoms with Crippen molar-refractivity contribution in [3.8, 4) is 17.2 Å². The second kappa shape index (κ2) is 9.00. The third kappa shape index (κ3) is 4.63. The van der Waals surface area contributed by atoms with Crippen LogP contribution in [0.4, 0.5) is 10.1 Å². The van der Waals surface area contributed by atoms with Gasteiger partial charge in [-0.25, -0.2) is 9.37 Å². The van der Waals surface area contributed by atoms with Gasteiger partial charge in [-0.15, -0.1) is 11.8 Å². The summed E-state index contributed by atoms with van der Waals surface area (Å²) in [6.45, 7) is 0. The number of oxazole rings is 1. The molecule has 1 heterocycles. The van der Waals surface area contributed by atoms with E-state index in [1.54, 1.807) is 31.4 Å². The fraction of sp³-hybridized carbons (Fsp3) is 0.130. The Bertz CT molecular complexity index is 1140. The number of para-hydroxylation sites is 2. The Labute approximate surface area is 177 Å². The zero-order valence-corrected chi connectivity index (χ0v) is 17.0. The molecule has 0 fully saturated rings. The highest BCUT2D eigenvalue weighted by Gasteiger charge is 2.13. The number of hydrogen-bond donors (Lipinski definition) is 1. The average Bonchev–Trinajstić information content (AvgIpc) is 3.19. The van der Waals surface area contributed by atoms with Crippen LogP contribution < -0.4 is 10.1 Å². The summed E-state index contributed by atoms with van der Waals surface area (Å²) in [6.07, 6.45) is 0. The van der Waals surface area contributed by atoms with E-state index < -0.39 is 0 Å². The van der Waals surface area contributed by atoms with Gasteiger partial charge in [-0.05, 0) is 48.0 Å². The molecule has 0 atom stereocenters. The molecule has 1 N–H and O–H groups in total. The molecule has 5 nitrogen and oxygen atoms in total. The molecular weight excluding hydrogens is 403 g/mol. The summed E-state index contributed by atoms with van der Waals surface area (Å²) < 4.78 is 24.2. The van der Waals surface area contributed by atoms with Gasteiger partial charge in [-0.1, -0.05) is 24.3 Å². The molecule has 0 spiro atoms. The number of amides is 1. The van der Waals surface area contributed by atoms with Crippen molar-refractivity contribution in [3.05, 3.63) is 78.1 Å². The molecule has 1 amide bonds. The maximum atomic E-state index is 13.0. The van der Waals surface area contributed by atoms with E-state index in [-0.39, 0.29) is 17.5 Å². The Balaban J connectivity index is 1.45. The second-order valence-electron chi connectivity index (χ2n) is 6.57. The van der Waals surface area contributed by atoms with E-state index in [1.165, 1.54) is 23.9 Å². The summed E-state index contributed by atoms with van der Waals surface area (Å²) in [5.41, 5.74) is 3.72. The normalized spacial score (nSPS) is 10.9. The van der Waals surface area contributed by atoms with Crippen LogP contribution in [0.25, 0.3) is 22.6 Å². The first-order valence-electron chi connectivity index (χ1n) is 9.28. The fourth-order valence-corrected chi connectivity index (χ4v) is 3.75. The smallest absolute Gasteiger partial charge is 0.234 e. The van der Waals surface area contributed by atoms with Crippen LogP contribution in [0.15, 0.2) is 71.1 Å². The van der Waals surface area contributed by atoms with Gasteiger partial charge in [-0.2, -0.15) is 0 Å². The molecule has 0 aliphatic rings. The lowest BCUT2D eigenvalue weighted by atomic mass is 10.2. The highest BCUT2D eigenvalue weighted by molar-refractivity contribution is 7.99. The van der Waals surface area contributed by atoms with Crippen molar-refractivity contribution >= 4 is 34.5 Å². The summed E-state index contributed by atoms with van der Waals surface area (Å²) in [7, 11) is 1.55. The molecule has 3 aromatic carbocycles. The van der Waals surface area contributed by atoms with Crippen molar-refractivity contribution in [1.82, 2.24) is 4.98 Å². The number of aromatic nitrogens is 1. The summed E-state index contributed by atoms with van der Waals surface area (Å²) in [5.74, 6) is 1.47. The van der Waals surface area contributed by atoms with Gasteiger partial charge in [0, 0.05) is 11.3 Å². The molecule has 152 valence electrons. The third-order valence-corrected chi connectivity index (χ3v) is 5.43. The van der Waals surface area contributed by atoms with Crippen LogP contribution in [-0.4, -0.2) is 23.8 Å². The quantitative estimate of drug-likeness (QED) is 0.425. The predicted octanol–water partition coefficient (Wildman–Crippen LogP) is 5.51. The van der Waals surface area contributed by atoms with Crippen LogP contribution in [0.1, 0.15) is 5.56 Å². The van der Waals surface area contributed by atoms with Crippen molar-refractivity contribution in [2.24, 2.45) is 0 Å². The van der Waals surface area contributed by atoms with E-state index in [1.807, 2.05) is 30.3 Å². The Hall–Kier alpha value is -3.32. The van der Waals surface area contributed by atoms with E-state index in [0.717, 1.165) is 16.6 Å². The van der Waals surface area contributed by atoms with Crippen LogP contribution in [-0.2, 0) is 10.5 Å². The molecule has 0 saturated carbocycles. The molecule has 0 radical (unpaired) electrons. The van der Waals surface area contributed by atoms with E-state index in [0.29, 0.717) is 28.7 Å². The van der Waals surface area contributed by atoms with Gasteiger partial charge in [0.15, 0.2) is 5.58 Å². The molecular formula is C23H19FN2O3S. The van der Waals surface area contributed by atoms with Gasteiger partial charge >= 0.3 is 0 Å². The van der Waals surface area contributed by atoms with Crippen molar-refractivity contribution in [2.75, 3.05) is 18.2 Å². The van der Waals surface area contributed by atoms with E-state index in [4.69, 9.17) is 9.15 Å². The lowest BCUT2D eigenvalue weighted by Gasteiger charge is -2.11. The summed E-state index contributed by atoms with van der Waals surface area (Å²) in [4.78, 5) is 16.9. The number of thioether (sulfide) groups is 1. The number of halogens is 1. The van der Waals surface area contributed by atoms with E-state index in [9.17, 15) is 9.18 Å². The molecule has 4 rings (SSSR count). The third-order valence-electron chi connectivity index (χ3n) is 4.43. The first-order chi connectivity index (χ1) is 14.6. The SMILES string of the molecule is COc1ccc(-c2nc3ccccc3o2)cc1NC(=O)CSCc1ccc(F)cc1. The van der Waals surface area contributed by atoms with Crippen LogP contribution >= 0.6 is 11.8 Å². The lowest BCUT2D eigenvalue weighted by molar-refractivity contribution is -0.113. The monoisotopic (exact) mass is 422 g/mol. The van der Waals surface area contributed by atoms with Gasteiger partial charge < -0.3 is 14.5 Å². The zero-order valence-electron chi connectivity index (χ0n) is 16.2.